The van der Waals surface area contributed by atoms with Gasteiger partial charge in [0, 0.05) is 5.54 Å². The van der Waals surface area contributed by atoms with Gasteiger partial charge in [-0.2, -0.15) is 0 Å². The van der Waals surface area contributed by atoms with Gasteiger partial charge in [0.05, 0.1) is 8.07 Å². The molecule has 2 aromatic carbocycles. The zero-order chi connectivity index (χ0) is 19.0. The van der Waals surface area contributed by atoms with Crippen molar-refractivity contribution in [2.45, 2.75) is 64.6 Å². The third-order valence-corrected chi connectivity index (χ3v) is 10.7. The lowest BCUT2D eigenvalue weighted by Gasteiger charge is -2.32. The molecule has 0 aromatic heterocycles. The molecule has 0 aliphatic heterocycles. The summed E-state index contributed by atoms with van der Waals surface area (Å²) in [5, 5.41) is 4.88. The Hall–Kier alpha value is -1.86. The van der Waals surface area contributed by atoms with Crippen LogP contribution in [-0.2, 0) is 0 Å². The van der Waals surface area contributed by atoms with E-state index < -0.39 is 8.07 Å². The van der Waals surface area contributed by atoms with E-state index in [-0.39, 0.29) is 0 Å². The second kappa shape index (κ2) is 7.28. The lowest BCUT2D eigenvalue weighted by molar-refractivity contribution is 0.953. The van der Waals surface area contributed by atoms with Gasteiger partial charge in [-0.15, -0.1) is 0 Å². The standard InChI is InChI=1S/C26H32Si/c1-5-11-19-17-25(23-15-9-7-13-21(19)23)27(3,4)26-18-20(12-6-2)22-14-8-10-16-24(22)26/h7-10,13-17,25H,5-6,11-12,18H2,1-4H3. The maximum atomic E-state index is 2.65. The maximum absolute atomic E-state index is 2.65. The molecule has 1 heteroatoms. The van der Waals surface area contributed by atoms with Crippen molar-refractivity contribution in [1.82, 2.24) is 0 Å². The van der Waals surface area contributed by atoms with Crippen molar-refractivity contribution >= 4 is 24.4 Å². The van der Waals surface area contributed by atoms with Crippen molar-refractivity contribution in [2.75, 3.05) is 0 Å². The zero-order valence-corrected chi connectivity index (χ0v) is 18.3. The van der Waals surface area contributed by atoms with Crippen LogP contribution in [0, 0.1) is 0 Å². The predicted molar refractivity (Wildman–Crippen MR) is 122 cm³/mol. The highest BCUT2D eigenvalue weighted by atomic mass is 28.3. The van der Waals surface area contributed by atoms with Crippen molar-refractivity contribution in [3.8, 4) is 0 Å². The molecule has 0 radical (unpaired) electrons. The maximum Gasteiger partial charge on any atom is 0.0881 e. The Morgan fingerprint density at radius 1 is 0.852 bits per heavy atom. The van der Waals surface area contributed by atoms with Gasteiger partial charge in [-0.25, -0.2) is 0 Å². The number of benzene rings is 2. The Labute approximate surface area is 165 Å². The lowest BCUT2D eigenvalue weighted by atomic mass is 10.0. The first-order valence-electron chi connectivity index (χ1n) is 10.7. The predicted octanol–water partition coefficient (Wildman–Crippen LogP) is 5.96. The quantitative estimate of drug-likeness (QED) is 0.549. The van der Waals surface area contributed by atoms with Crippen LogP contribution in [0.1, 0.15) is 62.6 Å². The van der Waals surface area contributed by atoms with E-state index >= 15 is 0 Å². The SMILES string of the molecule is CCCC1=CC([Si](C)(C)C2=c3ccccc3=C(CCC)C2)c2ccccc21. The molecule has 0 nitrogen and oxygen atoms in total. The molecule has 0 heterocycles. The molecule has 4 rings (SSSR count). The average molecular weight is 373 g/mol. The van der Waals surface area contributed by atoms with Crippen LogP contribution in [0.3, 0.4) is 0 Å². The zero-order valence-electron chi connectivity index (χ0n) is 17.3. The molecule has 1 unspecified atom stereocenters. The summed E-state index contributed by atoms with van der Waals surface area (Å²) in [6.07, 6.45) is 8.77. The molecular weight excluding hydrogens is 340 g/mol. The van der Waals surface area contributed by atoms with E-state index in [4.69, 9.17) is 0 Å². The van der Waals surface area contributed by atoms with E-state index in [1.54, 1.807) is 32.3 Å². The van der Waals surface area contributed by atoms with Gasteiger partial charge in [0.1, 0.15) is 0 Å². The third kappa shape index (κ3) is 3.06. The van der Waals surface area contributed by atoms with Crippen LogP contribution in [0.15, 0.2) is 54.6 Å². The average Bonchev–Trinajstić information content (AvgIpc) is 3.23. The normalized spacial score (nSPS) is 18.5. The van der Waals surface area contributed by atoms with Crippen LogP contribution in [0.25, 0.3) is 16.3 Å². The Balaban J connectivity index is 1.85. The van der Waals surface area contributed by atoms with Crippen molar-refractivity contribution in [3.63, 3.8) is 0 Å². The minimum absolute atomic E-state index is 0.610. The summed E-state index contributed by atoms with van der Waals surface area (Å²) in [7, 11) is -1.66. The fraction of sp³-hybridized carbons (Fsp3) is 0.385. The molecule has 2 aliphatic carbocycles. The molecule has 0 saturated carbocycles. The van der Waals surface area contributed by atoms with E-state index in [2.05, 4.69) is 81.5 Å². The number of hydrogen-bond donors (Lipinski definition) is 0. The highest BCUT2D eigenvalue weighted by Crippen LogP contribution is 2.46. The van der Waals surface area contributed by atoms with Gasteiger partial charge < -0.3 is 0 Å². The highest BCUT2D eigenvalue weighted by molar-refractivity contribution is 6.95. The van der Waals surface area contributed by atoms with Gasteiger partial charge in [-0.3, -0.25) is 0 Å². The van der Waals surface area contributed by atoms with E-state index in [9.17, 15) is 0 Å². The second-order valence-corrected chi connectivity index (χ2v) is 13.5. The Bertz CT molecular complexity index is 1010. The largest absolute Gasteiger partial charge is 0.0881 e. The highest BCUT2D eigenvalue weighted by Gasteiger charge is 2.40. The van der Waals surface area contributed by atoms with E-state index in [0.29, 0.717) is 5.54 Å². The van der Waals surface area contributed by atoms with Crippen LogP contribution in [0.4, 0.5) is 0 Å². The lowest BCUT2D eigenvalue weighted by Crippen LogP contribution is -2.40. The summed E-state index contributed by atoms with van der Waals surface area (Å²) >= 11 is 0. The van der Waals surface area contributed by atoms with Crippen LogP contribution in [-0.4, -0.2) is 8.07 Å². The van der Waals surface area contributed by atoms with Crippen LogP contribution in [0.2, 0.25) is 13.1 Å². The molecule has 0 spiro atoms. The summed E-state index contributed by atoms with van der Waals surface area (Å²) in [4.78, 5) is 0. The Morgan fingerprint density at radius 2 is 1.52 bits per heavy atom. The van der Waals surface area contributed by atoms with Gasteiger partial charge in [0.15, 0.2) is 0 Å². The third-order valence-electron chi connectivity index (χ3n) is 6.66. The molecule has 0 N–H and O–H groups in total. The molecule has 0 amide bonds. The first kappa shape index (κ1) is 18.5. The van der Waals surface area contributed by atoms with Crippen molar-refractivity contribution in [3.05, 3.63) is 76.2 Å². The van der Waals surface area contributed by atoms with Crippen molar-refractivity contribution < 1.29 is 0 Å². The Kier molecular flexibility index (Phi) is 4.99. The molecule has 2 aliphatic rings. The van der Waals surface area contributed by atoms with Crippen molar-refractivity contribution in [1.29, 1.82) is 0 Å². The van der Waals surface area contributed by atoms with Crippen LogP contribution < -0.4 is 10.4 Å². The van der Waals surface area contributed by atoms with E-state index in [1.807, 2.05) is 0 Å². The van der Waals surface area contributed by atoms with Crippen LogP contribution >= 0.6 is 0 Å². The first-order chi connectivity index (χ1) is 13.1. The van der Waals surface area contributed by atoms with Gasteiger partial charge in [0.25, 0.3) is 0 Å². The van der Waals surface area contributed by atoms with Crippen molar-refractivity contribution in [2.24, 2.45) is 0 Å². The fourth-order valence-corrected chi connectivity index (χ4v) is 8.88. The van der Waals surface area contributed by atoms with Gasteiger partial charge in [-0.05, 0) is 46.4 Å². The molecule has 2 aromatic rings. The number of rotatable bonds is 6. The number of fused-ring (bicyclic) bond motifs is 2. The summed E-state index contributed by atoms with van der Waals surface area (Å²) in [6.45, 7) is 9.83. The summed E-state index contributed by atoms with van der Waals surface area (Å²) in [6, 6.07) is 18.4. The molecule has 27 heavy (non-hydrogen) atoms. The number of allylic oxidation sites excluding steroid dienone is 2. The first-order valence-corrected chi connectivity index (χ1v) is 13.8. The topological polar surface area (TPSA) is 0 Å². The summed E-state index contributed by atoms with van der Waals surface area (Å²) in [5.74, 6) is 0. The summed E-state index contributed by atoms with van der Waals surface area (Å²) < 4.78 is 0. The molecule has 0 fully saturated rings. The molecular formula is C26H32Si. The second-order valence-electron chi connectivity index (χ2n) is 8.78. The monoisotopic (exact) mass is 372 g/mol. The Morgan fingerprint density at radius 3 is 2.26 bits per heavy atom. The molecule has 0 saturated heterocycles. The van der Waals surface area contributed by atoms with Gasteiger partial charge in [-0.1, -0.05) is 105 Å². The van der Waals surface area contributed by atoms with E-state index in [0.717, 1.165) is 0 Å². The van der Waals surface area contributed by atoms with E-state index in [1.165, 1.54) is 37.7 Å². The molecule has 140 valence electrons. The minimum Gasteiger partial charge on any atom is -0.0755 e. The smallest absolute Gasteiger partial charge is 0.0755 e. The van der Waals surface area contributed by atoms with Gasteiger partial charge in [0.2, 0.25) is 0 Å². The molecule has 0 bridgehead atoms. The fourth-order valence-electron chi connectivity index (χ4n) is 5.27. The van der Waals surface area contributed by atoms with Gasteiger partial charge >= 0.3 is 0 Å². The molecule has 1 atom stereocenters. The minimum atomic E-state index is -1.66. The van der Waals surface area contributed by atoms with Crippen LogP contribution in [0.5, 0.6) is 0 Å². The summed E-state index contributed by atoms with van der Waals surface area (Å²) in [5.41, 5.74) is 6.98. The number of hydrogen-bond acceptors (Lipinski definition) is 0.